The van der Waals surface area contributed by atoms with Gasteiger partial charge in [0.25, 0.3) is 0 Å². The summed E-state index contributed by atoms with van der Waals surface area (Å²) in [5, 5.41) is 8.70. The number of aromatic nitrogens is 2. The Hall–Kier alpha value is -2.30. The molecule has 2 rings (SSSR count). The maximum absolute atomic E-state index is 10.6. The molecule has 0 bridgehead atoms. The lowest BCUT2D eigenvalue weighted by atomic mass is 10.2. The summed E-state index contributed by atoms with van der Waals surface area (Å²) in [4.78, 5) is 18.2. The first-order chi connectivity index (χ1) is 9.10. The third-order valence-electron chi connectivity index (χ3n) is 2.92. The van der Waals surface area contributed by atoms with Crippen LogP contribution in [-0.2, 0) is 11.2 Å². The molecule has 2 N–H and O–H groups in total. The van der Waals surface area contributed by atoms with Crippen molar-refractivity contribution in [2.24, 2.45) is 0 Å². The summed E-state index contributed by atoms with van der Waals surface area (Å²) < 4.78 is 5.10. The number of H-pyrrole nitrogens is 1. The number of methoxy groups -OCH3 is 1. The predicted molar refractivity (Wildman–Crippen MR) is 71.3 cm³/mol. The van der Waals surface area contributed by atoms with E-state index in [-0.39, 0.29) is 6.42 Å². The van der Waals surface area contributed by atoms with Gasteiger partial charge >= 0.3 is 5.97 Å². The minimum Gasteiger partial charge on any atom is -0.497 e. The number of aromatic amines is 1. The molecular weight excluding hydrogens is 244 g/mol. The molecule has 5 heteroatoms. The molecule has 0 amide bonds. The van der Waals surface area contributed by atoms with E-state index in [1.54, 1.807) is 7.11 Å². The zero-order valence-electron chi connectivity index (χ0n) is 10.9. The van der Waals surface area contributed by atoms with Crippen molar-refractivity contribution in [1.29, 1.82) is 0 Å². The Kier molecular flexibility index (Phi) is 3.85. The SMILES string of the molecule is COc1ccc(-c2nc(CCC(=O)O)c(C)[nH]2)cc1. The molecule has 1 heterocycles. The third-order valence-corrected chi connectivity index (χ3v) is 2.92. The van der Waals surface area contributed by atoms with E-state index in [0.29, 0.717) is 6.42 Å². The van der Waals surface area contributed by atoms with Crippen LogP contribution in [0.25, 0.3) is 11.4 Å². The van der Waals surface area contributed by atoms with Gasteiger partial charge in [0.05, 0.1) is 19.2 Å². The van der Waals surface area contributed by atoms with Gasteiger partial charge in [0, 0.05) is 17.7 Å². The highest BCUT2D eigenvalue weighted by Gasteiger charge is 2.10. The topological polar surface area (TPSA) is 75.2 Å². The van der Waals surface area contributed by atoms with Gasteiger partial charge in [-0.3, -0.25) is 4.79 Å². The fourth-order valence-corrected chi connectivity index (χ4v) is 1.85. The average Bonchev–Trinajstić information content (AvgIpc) is 2.78. The zero-order valence-corrected chi connectivity index (χ0v) is 10.9. The van der Waals surface area contributed by atoms with Gasteiger partial charge in [0.2, 0.25) is 0 Å². The van der Waals surface area contributed by atoms with Gasteiger partial charge in [-0.2, -0.15) is 0 Å². The molecule has 5 nitrogen and oxygen atoms in total. The molecule has 0 saturated heterocycles. The molecule has 0 unspecified atom stereocenters. The molecule has 0 saturated carbocycles. The fourth-order valence-electron chi connectivity index (χ4n) is 1.85. The van der Waals surface area contributed by atoms with E-state index in [1.165, 1.54) is 0 Å². The van der Waals surface area contributed by atoms with Crippen LogP contribution >= 0.6 is 0 Å². The molecule has 0 spiro atoms. The molecule has 0 fully saturated rings. The quantitative estimate of drug-likeness (QED) is 0.865. The Morgan fingerprint density at radius 1 is 1.37 bits per heavy atom. The molecule has 0 aliphatic heterocycles. The first-order valence-electron chi connectivity index (χ1n) is 6.02. The second kappa shape index (κ2) is 5.56. The third kappa shape index (κ3) is 3.13. The Labute approximate surface area is 111 Å². The lowest BCUT2D eigenvalue weighted by Crippen LogP contribution is -1.98. The average molecular weight is 260 g/mol. The molecule has 1 aromatic heterocycles. The molecule has 0 aliphatic rings. The van der Waals surface area contributed by atoms with Gasteiger partial charge in [0.1, 0.15) is 11.6 Å². The normalized spacial score (nSPS) is 10.4. The number of carboxylic acid groups (broad SMARTS) is 1. The number of nitrogens with one attached hydrogen (secondary N) is 1. The largest absolute Gasteiger partial charge is 0.497 e. The van der Waals surface area contributed by atoms with Crippen molar-refractivity contribution in [2.45, 2.75) is 19.8 Å². The first-order valence-corrected chi connectivity index (χ1v) is 6.02. The van der Waals surface area contributed by atoms with Gasteiger partial charge in [-0.1, -0.05) is 0 Å². The second-order valence-electron chi connectivity index (χ2n) is 4.28. The number of hydrogen-bond acceptors (Lipinski definition) is 3. The molecule has 0 aliphatic carbocycles. The van der Waals surface area contributed by atoms with Gasteiger partial charge < -0.3 is 14.8 Å². The highest BCUT2D eigenvalue weighted by Crippen LogP contribution is 2.21. The highest BCUT2D eigenvalue weighted by molar-refractivity contribution is 5.67. The Morgan fingerprint density at radius 2 is 2.05 bits per heavy atom. The van der Waals surface area contributed by atoms with Crippen LogP contribution in [0.15, 0.2) is 24.3 Å². The molecule has 100 valence electrons. The Morgan fingerprint density at radius 3 is 2.63 bits per heavy atom. The van der Waals surface area contributed by atoms with Crippen molar-refractivity contribution in [3.8, 4) is 17.1 Å². The lowest BCUT2D eigenvalue weighted by Gasteiger charge is -2.00. The van der Waals surface area contributed by atoms with Crippen LogP contribution in [0.2, 0.25) is 0 Å². The van der Waals surface area contributed by atoms with Gasteiger partial charge in [0.15, 0.2) is 0 Å². The van der Waals surface area contributed by atoms with Crippen LogP contribution in [0.5, 0.6) is 5.75 Å². The number of ether oxygens (including phenoxy) is 1. The van der Waals surface area contributed by atoms with Crippen molar-refractivity contribution in [1.82, 2.24) is 9.97 Å². The maximum atomic E-state index is 10.6. The minimum atomic E-state index is -0.812. The summed E-state index contributed by atoms with van der Waals surface area (Å²) in [7, 11) is 1.62. The molecule has 0 atom stereocenters. The minimum absolute atomic E-state index is 0.0910. The van der Waals surface area contributed by atoms with E-state index in [4.69, 9.17) is 9.84 Å². The van der Waals surface area contributed by atoms with Crippen LogP contribution in [0.3, 0.4) is 0 Å². The maximum Gasteiger partial charge on any atom is 0.303 e. The second-order valence-corrected chi connectivity index (χ2v) is 4.28. The van der Waals surface area contributed by atoms with Gasteiger partial charge in [-0.15, -0.1) is 0 Å². The number of aryl methyl sites for hydroxylation is 2. The lowest BCUT2D eigenvalue weighted by molar-refractivity contribution is -0.136. The summed E-state index contributed by atoms with van der Waals surface area (Å²) in [6.45, 7) is 1.90. The van der Waals surface area contributed by atoms with E-state index in [2.05, 4.69) is 9.97 Å². The predicted octanol–water partition coefficient (Wildman–Crippen LogP) is 2.41. The summed E-state index contributed by atoms with van der Waals surface area (Å²) in [6, 6.07) is 7.56. The number of rotatable bonds is 5. The summed E-state index contributed by atoms with van der Waals surface area (Å²) >= 11 is 0. The smallest absolute Gasteiger partial charge is 0.303 e. The standard InChI is InChI=1S/C14H16N2O3/c1-9-12(7-8-13(17)18)16-14(15-9)10-3-5-11(19-2)6-4-10/h3-6H,7-8H2,1-2H3,(H,15,16)(H,17,18). The van der Waals surface area contributed by atoms with Gasteiger partial charge in [-0.05, 0) is 31.2 Å². The molecular formula is C14H16N2O3. The molecule has 1 aromatic carbocycles. The summed E-state index contributed by atoms with van der Waals surface area (Å²) in [6.07, 6.45) is 0.529. The molecule has 0 radical (unpaired) electrons. The number of hydrogen-bond donors (Lipinski definition) is 2. The number of nitrogens with zero attached hydrogens (tertiary/aromatic N) is 1. The van der Waals surface area contributed by atoms with Gasteiger partial charge in [-0.25, -0.2) is 4.98 Å². The number of benzene rings is 1. The fraction of sp³-hybridized carbons (Fsp3) is 0.286. The van der Waals surface area contributed by atoms with Crippen molar-refractivity contribution >= 4 is 5.97 Å². The number of imidazole rings is 1. The van der Waals surface area contributed by atoms with Crippen LogP contribution in [0.1, 0.15) is 17.8 Å². The van der Waals surface area contributed by atoms with Crippen molar-refractivity contribution in [3.05, 3.63) is 35.7 Å². The highest BCUT2D eigenvalue weighted by atomic mass is 16.5. The van der Waals surface area contributed by atoms with Crippen LogP contribution in [0, 0.1) is 6.92 Å². The van der Waals surface area contributed by atoms with E-state index >= 15 is 0 Å². The van der Waals surface area contributed by atoms with E-state index in [9.17, 15) is 4.79 Å². The Balaban J connectivity index is 2.20. The Bertz CT molecular complexity index is 573. The van der Waals surface area contributed by atoms with E-state index < -0.39 is 5.97 Å². The van der Waals surface area contributed by atoms with Crippen LogP contribution in [-0.4, -0.2) is 28.2 Å². The summed E-state index contributed by atoms with van der Waals surface area (Å²) in [5.41, 5.74) is 2.66. The zero-order chi connectivity index (χ0) is 13.8. The monoisotopic (exact) mass is 260 g/mol. The van der Waals surface area contributed by atoms with E-state index in [0.717, 1.165) is 28.5 Å². The molecule has 19 heavy (non-hydrogen) atoms. The van der Waals surface area contributed by atoms with Crippen molar-refractivity contribution < 1.29 is 14.6 Å². The number of carbonyl (C=O) groups is 1. The summed E-state index contributed by atoms with van der Waals surface area (Å²) in [5.74, 6) is 0.729. The van der Waals surface area contributed by atoms with Crippen molar-refractivity contribution in [3.63, 3.8) is 0 Å². The molecule has 2 aromatic rings. The van der Waals surface area contributed by atoms with Crippen LogP contribution < -0.4 is 4.74 Å². The first kappa shape index (κ1) is 13.1. The van der Waals surface area contributed by atoms with E-state index in [1.807, 2.05) is 31.2 Å². The van der Waals surface area contributed by atoms with Crippen molar-refractivity contribution in [2.75, 3.05) is 7.11 Å². The van der Waals surface area contributed by atoms with Crippen LogP contribution in [0.4, 0.5) is 0 Å². The number of aliphatic carboxylic acids is 1. The number of carboxylic acids is 1.